The number of rotatable bonds is 4. The molecule has 1 aromatic carbocycles. The molecule has 5 rings (SSSR count). The molecule has 0 spiro atoms. The van der Waals surface area contributed by atoms with Gasteiger partial charge in [0.05, 0.1) is 37.0 Å². The van der Waals surface area contributed by atoms with Crippen LogP contribution in [-0.4, -0.2) is 55.9 Å². The second-order valence-corrected chi connectivity index (χ2v) is 6.40. The van der Waals surface area contributed by atoms with Gasteiger partial charge in [0.15, 0.2) is 17.2 Å². The normalized spacial score (nSPS) is 14.5. The Morgan fingerprint density at radius 3 is 2.89 bits per heavy atom. The van der Waals surface area contributed by atoms with Crippen molar-refractivity contribution in [3.05, 3.63) is 42.0 Å². The zero-order valence-corrected chi connectivity index (χ0v) is 15.0. The fourth-order valence-corrected chi connectivity index (χ4v) is 3.22. The highest BCUT2D eigenvalue weighted by Crippen LogP contribution is 2.20. The van der Waals surface area contributed by atoms with Crippen molar-refractivity contribution in [1.82, 2.24) is 29.5 Å². The van der Waals surface area contributed by atoms with Crippen molar-refractivity contribution in [3.8, 4) is 6.07 Å². The van der Waals surface area contributed by atoms with Crippen molar-refractivity contribution >= 4 is 28.4 Å². The van der Waals surface area contributed by atoms with Crippen LogP contribution < -0.4 is 10.2 Å². The van der Waals surface area contributed by atoms with Crippen molar-refractivity contribution < 1.29 is 4.74 Å². The number of morpholine rings is 1. The second kappa shape index (κ2) is 6.79. The van der Waals surface area contributed by atoms with Gasteiger partial charge in [-0.2, -0.15) is 14.8 Å². The summed E-state index contributed by atoms with van der Waals surface area (Å²) in [6, 6.07) is 9.99. The molecule has 0 amide bonds. The van der Waals surface area contributed by atoms with E-state index in [1.807, 2.05) is 29.2 Å². The third-order valence-electron chi connectivity index (χ3n) is 4.62. The molecule has 0 saturated carbocycles. The first-order valence-corrected chi connectivity index (χ1v) is 8.98. The van der Waals surface area contributed by atoms with E-state index in [0.717, 1.165) is 16.9 Å². The van der Waals surface area contributed by atoms with E-state index in [1.54, 1.807) is 0 Å². The number of anilines is 2. The van der Waals surface area contributed by atoms with Gasteiger partial charge in [0.1, 0.15) is 11.9 Å². The number of nitrogens with zero attached hydrogens (tertiary/aromatic N) is 7. The van der Waals surface area contributed by atoms with E-state index in [1.165, 1.54) is 10.7 Å². The molecule has 0 bridgehead atoms. The van der Waals surface area contributed by atoms with E-state index in [2.05, 4.69) is 36.4 Å². The monoisotopic (exact) mass is 375 g/mol. The van der Waals surface area contributed by atoms with Crippen LogP contribution in [-0.2, 0) is 11.3 Å². The smallest absolute Gasteiger partial charge is 0.245 e. The highest BCUT2D eigenvalue weighted by molar-refractivity contribution is 5.75. The maximum absolute atomic E-state index is 9.36. The van der Waals surface area contributed by atoms with Gasteiger partial charge < -0.3 is 19.9 Å². The average molecular weight is 375 g/mol. The molecule has 0 atom stereocenters. The van der Waals surface area contributed by atoms with E-state index in [0.29, 0.717) is 56.0 Å². The molecule has 3 aromatic heterocycles. The maximum Gasteiger partial charge on any atom is 0.245 e. The number of imidazole rings is 2. The fraction of sp³-hybridized carbons (Fsp3) is 0.278. The molecule has 1 aliphatic rings. The topological polar surface area (TPSA) is 120 Å². The fourth-order valence-electron chi connectivity index (χ4n) is 3.22. The highest BCUT2D eigenvalue weighted by atomic mass is 16.5. The number of H-pyrrole nitrogens is 1. The van der Waals surface area contributed by atoms with Crippen molar-refractivity contribution in [3.63, 3.8) is 0 Å². The first-order chi connectivity index (χ1) is 13.8. The molecule has 10 nitrogen and oxygen atoms in total. The number of nitrogens with one attached hydrogen (secondary N) is 2. The van der Waals surface area contributed by atoms with Crippen LogP contribution in [0, 0.1) is 11.3 Å². The molecule has 140 valence electrons. The number of nitriles is 1. The molecule has 0 unspecified atom stereocenters. The maximum atomic E-state index is 9.36. The number of aromatic amines is 1. The minimum Gasteiger partial charge on any atom is -0.378 e. The van der Waals surface area contributed by atoms with Gasteiger partial charge in [0.25, 0.3) is 0 Å². The number of ether oxygens (including phenoxy) is 1. The van der Waals surface area contributed by atoms with Gasteiger partial charge in [0.2, 0.25) is 5.95 Å². The average Bonchev–Trinajstić information content (AvgIpc) is 3.36. The minimum atomic E-state index is 0.360. The minimum absolute atomic E-state index is 0.360. The van der Waals surface area contributed by atoms with Crippen LogP contribution in [0.4, 0.5) is 11.8 Å². The standard InChI is InChI=1S/C18H17N9O/c19-9-12-10-21-17-16(20-11-15-22-13-3-1-2-4-14(13)23-15)24-18(25-27(12)17)26-5-7-28-8-6-26/h1-4,10H,5-8,11H2,(H,22,23)(H,20,24,25). The summed E-state index contributed by atoms with van der Waals surface area (Å²) in [7, 11) is 0. The molecular formula is C18H17N9O. The van der Waals surface area contributed by atoms with Crippen LogP contribution in [0.2, 0.25) is 0 Å². The van der Waals surface area contributed by atoms with Crippen molar-refractivity contribution in [1.29, 1.82) is 5.26 Å². The number of aromatic nitrogens is 6. The van der Waals surface area contributed by atoms with Gasteiger partial charge >= 0.3 is 0 Å². The largest absolute Gasteiger partial charge is 0.378 e. The Morgan fingerprint density at radius 2 is 2.07 bits per heavy atom. The summed E-state index contributed by atoms with van der Waals surface area (Å²) in [5.41, 5.74) is 2.76. The van der Waals surface area contributed by atoms with Gasteiger partial charge in [-0.15, -0.1) is 5.10 Å². The third-order valence-corrected chi connectivity index (χ3v) is 4.62. The van der Waals surface area contributed by atoms with E-state index in [4.69, 9.17) is 4.74 Å². The van der Waals surface area contributed by atoms with Gasteiger partial charge in [0, 0.05) is 13.1 Å². The van der Waals surface area contributed by atoms with Crippen molar-refractivity contribution in [2.75, 3.05) is 36.5 Å². The van der Waals surface area contributed by atoms with E-state index in [-0.39, 0.29) is 0 Å². The number of fused-ring (bicyclic) bond motifs is 2. The van der Waals surface area contributed by atoms with Crippen LogP contribution >= 0.6 is 0 Å². The van der Waals surface area contributed by atoms with Crippen LogP contribution in [0.5, 0.6) is 0 Å². The predicted octanol–water partition coefficient (Wildman–Crippen LogP) is 1.32. The molecule has 0 radical (unpaired) electrons. The SMILES string of the molecule is N#Cc1cnc2c(NCc3nc4ccccc4[nH]3)nc(N3CCOCC3)nn12. The van der Waals surface area contributed by atoms with Crippen LogP contribution in [0.1, 0.15) is 11.5 Å². The lowest BCUT2D eigenvalue weighted by Crippen LogP contribution is -2.37. The molecule has 1 aliphatic heterocycles. The zero-order valence-electron chi connectivity index (χ0n) is 15.0. The molecule has 4 aromatic rings. The summed E-state index contributed by atoms with van der Waals surface area (Å²) >= 11 is 0. The predicted molar refractivity (Wildman–Crippen MR) is 102 cm³/mol. The first-order valence-electron chi connectivity index (χ1n) is 8.98. The summed E-state index contributed by atoms with van der Waals surface area (Å²) in [5, 5.41) is 17.2. The second-order valence-electron chi connectivity index (χ2n) is 6.40. The summed E-state index contributed by atoms with van der Waals surface area (Å²) in [5.74, 6) is 1.88. The van der Waals surface area contributed by atoms with Gasteiger partial charge in [-0.25, -0.2) is 9.97 Å². The Morgan fingerprint density at radius 1 is 1.21 bits per heavy atom. The number of hydrogen-bond donors (Lipinski definition) is 2. The number of para-hydroxylation sites is 2. The summed E-state index contributed by atoms with van der Waals surface area (Å²) in [6.07, 6.45) is 1.50. The molecule has 4 heterocycles. The Balaban J connectivity index is 1.49. The molecule has 1 saturated heterocycles. The van der Waals surface area contributed by atoms with Crippen LogP contribution in [0.3, 0.4) is 0 Å². The van der Waals surface area contributed by atoms with Gasteiger partial charge in [-0.3, -0.25) is 0 Å². The molecule has 2 N–H and O–H groups in total. The van der Waals surface area contributed by atoms with Gasteiger partial charge in [-0.05, 0) is 12.1 Å². The van der Waals surface area contributed by atoms with Crippen LogP contribution in [0.15, 0.2) is 30.5 Å². The quantitative estimate of drug-likeness (QED) is 0.548. The Bertz CT molecular complexity index is 1150. The van der Waals surface area contributed by atoms with E-state index in [9.17, 15) is 5.26 Å². The lowest BCUT2D eigenvalue weighted by Gasteiger charge is -2.26. The highest BCUT2D eigenvalue weighted by Gasteiger charge is 2.19. The third kappa shape index (κ3) is 2.87. The summed E-state index contributed by atoms with van der Waals surface area (Å²) < 4.78 is 6.93. The Kier molecular flexibility index (Phi) is 3.99. The first kappa shape index (κ1) is 16.5. The van der Waals surface area contributed by atoms with Crippen LogP contribution in [0.25, 0.3) is 16.7 Å². The lowest BCUT2D eigenvalue weighted by atomic mass is 10.3. The molecule has 1 fully saturated rings. The zero-order chi connectivity index (χ0) is 18.9. The van der Waals surface area contributed by atoms with Gasteiger partial charge in [-0.1, -0.05) is 12.1 Å². The summed E-state index contributed by atoms with van der Waals surface area (Å²) in [4.78, 5) is 18.9. The molecule has 0 aliphatic carbocycles. The lowest BCUT2D eigenvalue weighted by molar-refractivity contribution is 0.122. The van der Waals surface area contributed by atoms with E-state index < -0.39 is 0 Å². The molecular weight excluding hydrogens is 358 g/mol. The Labute approximate surface area is 159 Å². The summed E-state index contributed by atoms with van der Waals surface area (Å²) in [6.45, 7) is 3.09. The Hall–Kier alpha value is -3.71. The number of benzene rings is 1. The van der Waals surface area contributed by atoms with Crippen molar-refractivity contribution in [2.45, 2.75) is 6.54 Å². The molecule has 28 heavy (non-hydrogen) atoms. The number of hydrogen-bond acceptors (Lipinski definition) is 8. The molecule has 10 heteroatoms. The van der Waals surface area contributed by atoms with E-state index >= 15 is 0 Å². The van der Waals surface area contributed by atoms with Crippen molar-refractivity contribution in [2.24, 2.45) is 0 Å².